The third kappa shape index (κ3) is 2.34. The number of carbonyl (C=O) groups is 1. The van der Waals surface area contributed by atoms with Gasteiger partial charge in [0.25, 0.3) is 5.91 Å². The zero-order chi connectivity index (χ0) is 16.8. The second-order valence-corrected chi connectivity index (χ2v) is 6.58. The smallest absolute Gasteiger partial charge is 0.272 e. The zero-order valence-corrected chi connectivity index (χ0v) is 14.3. The molecule has 0 fully saturated rings. The molecular formula is C17H22N4O3. The third-order valence-corrected chi connectivity index (χ3v) is 4.89. The Kier molecular flexibility index (Phi) is 3.68. The fourth-order valence-corrected chi connectivity index (χ4v) is 3.73. The predicted octanol–water partition coefficient (Wildman–Crippen LogP) is 2.11. The number of hydrogen-bond donors (Lipinski definition) is 0. The Morgan fingerprint density at radius 1 is 1.42 bits per heavy atom. The van der Waals surface area contributed by atoms with Crippen LogP contribution in [-0.2, 0) is 30.7 Å². The van der Waals surface area contributed by atoms with Crippen molar-refractivity contribution in [3.63, 3.8) is 0 Å². The van der Waals surface area contributed by atoms with E-state index in [1.54, 1.807) is 6.26 Å². The molecule has 0 aliphatic carbocycles. The molecular weight excluding hydrogens is 308 g/mol. The second kappa shape index (κ2) is 5.73. The molecule has 24 heavy (non-hydrogen) atoms. The first-order valence-electron chi connectivity index (χ1n) is 8.54. The summed E-state index contributed by atoms with van der Waals surface area (Å²) in [5.74, 6) is 0.0405. The average molecular weight is 330 g/mol. The van der Waals surface area contributed by atoms with Gasteiger partial charge in [-0.15, -0.1) is 0 Å². The van der Waals surface area contributed by atoms with Crippen molar-refractivity contribution in [2.45, 2.75) is 58.9 Å². The molecule has 0 bridgehead atoms. The monoisotopic (exact) mass is 330 g/mol. The van der Waals surface area contributed by atoms with Crippen molar-refractivity contribution in [2.24, 2.45) is 0 Å². The summed E-state index contributed by atoms with van der Waals surface area (Å²) in [7, 11) is 0. The van der Waals surface area contributed by atoms with Crippen LogP contribution in [0.15, 0.2) is 10.8 Å². The maximum Gasteiger partial charge on any atom is 0.272 e. The molecule has 2 aromatic heterocycles. The van der Waals surface area contributed by atoms with Gasteiger partial charge in [-0.3, -0.25) is 9.48 Å². The largest absolute Gasteiger partial charge is 0.369 e. The molecule has 0 unspecified atom stereocenters. The fourth-order valence-electron chi connectivity index (χ4n) is 3.73. The van der Waals surface area contributed by atoms with Gasteiger partial charge in [0.05, 0.1) is 30.1 Å². The Morgan fingerprint density at radius 2 is 2.25 bits per heavy atom. The van der Waals surface area contributed by atoms with E-state index in [0.29, 0.717) is 19.6 Å². The van der Waals surface area contributed by atoms with Crippen molar-refractivity contribution in [2.75, 3.05) is 6.54 Å². The van der Waals surface area contributed by atoms with E-state index in [9.17, 15) is 4.79 Å². The van der Waals surface area contributed by atoms with Crippen LogP contribution in [0.3, 0.4) is 0 Å². The fraction of sp³-hybridized carbons (Fsp3) is 0.588. The van der Waals surface area contributed by atoms with E-state index in [4.69, 9.17) is 9.26 Å². The lowest BCUT2D eigenvalue weighted by atomic mass is 9.98. The zero-order valence-electron chi connectivity index (χ0n) is 14.3. The number of aryl methyl sites for hydroxylation is 1. The summed E-state index contributed by atoms with van der Waals surface area (Å²) in [6.45, 7) is 7.92. The van der Waals surface area contributed by atoms with Crippen LogP contribution in [0.25, 0.3) is 0 Å². The van der Waals surface area contributed by atoms with E-state index in [1.165, 1.54) is 0 Å². The summed E-state index contributed by atoms with van der Waals surface area (Å²) in [6.07, 6.45) is 3.12. The first kappa shape index (κ1) is 15.4. The minimum Gasteiger partial charge on any atom is -0.369 e. The Balaban J connectivity index is 1.70. The molecule has 128 valence electrons. The summed E-state index contributed by atoms with van der Waals surface area (Å²) in [5, 5.41) is 8.64. The highest BCUT2D eigenvalue weighted by Crippen LogP contribution is 2.32. The summed E-state index contributed by atoms with van der Waals surface area (Å²) >= 11 is 0. The summed E-state index contributed by atoms with van der Waals surface area (Å²) in [4.78, 5) is 15.1. The van der Waals surface area contributed by atoms with Crippen LogP contribution in [0, 0.1) is 0 Å². The summed E-state index contributed by atoms with van der Waals surface area (Å²) in [5.41, 5.74) is 4.62. The minimum absolute atomic E-state index is 0.0405. The Labute approximate surface area is 140 Å². The summed E-state index contributed by atoms with van der Waals surface area (Å²) < 4.78 is 12.7. The van der Waals surface area contributed by atoms with Crippen LogP contribution in [-0.4, -0.2) is 38.4 Å². The van der Waals surface area contributed by atoms with Crippen LogP contribution in [0.1, 0.15) is 59.9 Å². The van der Waals surface area contributed by atoms with E-state index < -0.39 is 0 Å². The van der Waals surface area contributed by atoms with Gasteiger partial charge in [-0.2, -0.15) is 5.10 Å². The third-order valence-electron chi connectivity index (χ3n) is 4.89. The number of fused-ring (bicyclic) bond motifs is 2. The standard InChI is InChI=1S/C17H22N4O3/c1-4-21-16(13-7-10(2)24-11(3)15(13)18-21)17(22)20-6-5-14-12(8-20)9-23-19-14/h9-11H,4-8H2,1-3H3/t10-,11+/m0/s1. The lowest BCUT2D eigenvalue weighted by molar-refractivity contribution is -0.00716. The molecule has 2 aliphatic heterocycles. The topological polar surface area (TPSA) is 73.4 Å². The van der Waals surface area contributed by atoms with Crippen molar-refractivity contribution in [1.82, 2.24) is 19.8 Å². The van der Waals surface area contributed by atoms with Gasteiger partial charge in [0, 0.05) is 37.1 Å². The SMILES string of the molecule is CCn1nc2c(c1C(=O)N1CCc3nocc3C1)C[C@H](C)O[C@@H]2C. The van der Waals surface area contributed by atoms with Crippen molar-refractivity contribution in [1.29, 1.82) is 0 Å². The van der Waals surface area contributed by atoms with Gasteiger partial charge in [-0.05, 0) is 20.8 Å². The molecule has 2 aromatic rings. The molecule has 1 amide bonds. The average Bonchev–Trinajstić information content (AvgIpc) is 3.17. The van der Waals surface area contributed by atoms with Crippen molar-refractivity contribution < 1.29 is 14.1 Å². The number of aromatic nitrogens is 3. The van der Waals surface area contributed by atoms with Crippen LogP contribution in [0.2, 0.25) is 0 Å². The lowest BCUT2D eigenvalue weighted by Crippen LogP contribution is -2.37. The number of hydrogen-bond acceptors (Lipinski definition) is 5. The van der Waals surface area contributed by atoms with E-state index >= 15 is 0 Å². The van der Waals surface area contributed by atoms with Gasteiger partial charge in [0.15, 0.2) is 0 Å². The second-order valence-electron chi connectivity index (χ2n) is 6.58. The molecule has 4 rings (SSSR count). The summed E-state index contributed by atoms with van der Waals surface area (Å²) in [6, 6.07) is 0. The van der Waals surface area contributed by atoms with Crippen molar-refractivity contribution in [3.8, 4) is 0 Å². The quantitative estimate of drug-likeness (QED) is 0.843. The normalized spacial score (nSPS) is 23.0. The Bertz CT molecular complexity index is 779. The number of ether oxygens (including phenoxy) is 1. The highest BCUT2D eigenvalue weighted by Gasteiger charge is 2.34. The van der Waals surface area contributed by atoms with Crippen LogP contribution < -0.4 is 0 Å². The van der Waals surface area contributed by atoms with Gasteiger partial charge in [-0.25, -0.2) is 0 Å². The van der Waals surface area contributed by atoms with Crippen LogP contribution in [0.4, 0.5) is 0 Å². The maximum absolute atomic E-state index is 13.2. The molecule has 7 heteroatoms. The molecule has 0 aromatic carbocycles. The van der Waals surface area contributed by atoms with Gasteiger partial charge in [0.1, 0.15) is 12.0 Å². The van der Waals surface area contributed by atoms with Crippen LogP contribution >= 0.6 is 0 Å². The predicted molar refractivity (Wildman–Crippen MR) is 85.5 cm³/mol. The highest BCUT2D eigenvalue weighted by molar-refractivity contribution is 5.94. The number of nitrogens with zero attached hydrogens (tertiary/aromatic N) is 4. The molecule has 2 aliphatic rings. The van der Waals surface area contributed by atoms with Crippen molar-refractivity contribution >= 4 is 5.91 Å². The molecule has 0 saturated carbocycles. The number of carbonyl (C=O) groups excluding carboxylic acids is 1. The van der Waals surface area contributed by atoms with Gasteiger partial charge in [0.2, 0.25) is 0 Å². The molecule has 7 nitrogen and oxygen atoms in total. The molecule has 0 spiro atoms. The van der Waals surface area contributed by atoms with Gasteiger partial charge in [-0.1, -0.05) is 5.16 Å². The molecule has 0 saturated heterocycles. The first-order chi connectivity index (χ1) is 11.6. The Morgan fingerprint density at radius 3 is 3.04 bits per heavy atom. The molecule has 0 N–H and O–H groups in total. The number of rotatable bonds is 2. The number of amides is 1. The minimum atomic E-state index is -0.0749. The van der Waals surface area contributed by atoms with E-state index in [2.05, 4.69) is 10.3 Å². The van der Waals surface area contributed by atoms with E-state index in [-0.39, 0.29) is 18.1 Å². The first-order valence-corrected chi connectivity index (χ1v) is 8.54. The maximum atomic E-state index is 13.2. The van der Waals surface area contributed by atoms with E-state index in [1.807, 2.05) is 30.4 Å². The van der Waals surface area contributed by atoms with Crippen molar-refractivity contribution in [3.05, 3.63) is 34.5 Å². The highest BCUT2D eigenvalue weighted by atomic mass is 16.5. The molecule has 0 radical (unpaired) electrons. The van der Waals surface area contributed by atoms with Gasteiger partial charge >= 0.3 is 0 Å². The Hall–Kier alpha value is -2.15. The molecule has 4 heterocycles. The molecule has 2 atom stereocenters. The van der Waals surface area contributed by atoms with E-state index in [0.717, 1.165) is 41.1 Å². The lowest BCUT2D eigenvalue weighted by Gasteiger charge is -2.28. The van der Waals surface area contributed by atoms with Gasteiger partial charge < -0.3 is 14.2 Å². The van der Waals surface area contributed by atoms with Crippen LogP contribution in [0.5, 0.6) is 0 Å².